The molecule has 0 spiro atoms. The summed E-state index contributed by atoms with van der Waals surface area (Å²) in [5.74, 6) is -0.677. The Morgan fingerprint density at radius 1 is 1.12 bits per heavy atom. The molecule has 0 bridgehead atoms. The molecule has 1 unspecified atom stereocenters. The van der Waals surface area contributed by atoms with Gasteiger partial charge in [0.05, 0.1) is 12.3 Å². The third-order valence-corrected chi connectivity index (χ3v) is 8.00. The first-order chi connectivity index (χ1) is 15.2. The van der Waals surface area contributed by atoms with Crippen molar-refractivity contribution in [1.82, 2.24) is 0 Å². The number of nitrogens with zero attached hydrogens (tertiary/aromatic N) is 1. The fraction of sp³-hybridized carbons (Fsp3) is 0.364. The molecule has 1 amide bonds. The van der Waals surface area contributed by atoms with Gasteiger partial charge in [0.1, 0.15) is 5.75 Å². The second kappa shape index (κ2) is 9.79. The number of esters is 1. The average Bonchev–Trinajstić information content (AvgIpc) is 2.76. The first kappa shape index (κ1) is 23.9. The van der Waals surface area contributed by atoms with Gasteiger partial charge in [0.2, 0.25) is 15.9 Å². The van der Waals surface area contributed by atoms with E-state index in [1.54, 1.807) is 55.5 Å². The second-order valence-electron chi connectivity index (χ2n) is 7.46. The van der Waals surface area contributed by atoms with Crippen LogP contribution in [0.25, 0.3) is 0 Å². The number of ether oxygens (including phenoxy) is 2. The van der Waals surface area contributed by atoms with Crippen molar-refractivity contribution in [3.63, 3.8) is 0 Å². The smallest absolute Gasteiger partial charge is 0.344 e. The Labute approximate surface area is 192 Å². The van der Waals surface area contributed by atoms with Crippen molar-refractivity contribution in [2.75, 3.05) is 29.4 Å². The average molecular weight is 481 g/mol. The van der Waals surface area contributed by atoms with Gasteiger partial charge in [-0.15, -0.1) is 0 Å². The molecule has 1 N–H and O–H groups in total. The van der Waals surface area contributed by atoms with Gasteiger partial charge in [-0.3, -0.25) is 9.10 Å². The molecule has 1 atom stereocenters. The topological polar surface area (TPSA) is 102 Å². The zero-order valence-electron chi connectivity index (χ0n) is 17.8. The minimum atomic E-state index is -3.98. The number of hydrogen-bond acceptors (Lipinski definition) is 6. The number of anilines is 2. The maximum Gasteiger partial charge on any atom is 0.344 e. The van der Waals surface area contributed by atoms with Crippen molar-refractivity contribution in [3.8, 4) is 5.75 Å². The van der Waals surface area contributed by atoms with E-state index in [4.69, 9.17) is 21.1 Å². The van der Waals surface area contributed by atoms with Crippen LogP contribution in [0, 0.1) is 0 Å². The molecular weight excluding hydrogens is 456 g/mol. The fourth-order valence-corrected chi connectivity index (χ4v) is 5.47. The maximum atomic E-state index is 13.4. The van der Waals surface area contributed by atoms with Gasteiger partial charge in [-0.25, -0.2) is 13.2 Å². The van der Waals surface area contributed by atoms with E-state index in [0.29, 0.717) is 35.1 Å². The van der Waals surface area contributed by atoms with Crippen molar-refractivity contribution in [3.05, 3.63) is 53.6 Å². The lowest BCUT2D eigenvalue weighted by Gasteiger charge is -2.39. The number of nitrogens with one attached hydrogen (secondary N) is 1. The van der Waals surface area contributed by atoms with Crippen molar-refractivity contribution in [2.45, 2.75) is 31.4 Å². The highest BCUT2D eigenvalue weighted by Crippen LogP contribution is 2.36. The van der Waals surface area contributed by atoms with Gasteiger partial charge in [0.15, 0.2) is 11.4 Å². The van der Waals surface area contributed by atoms with E-state index in [1.165, 1.54) is 11.2 Å². The molecule has 0 radical (unpaired) electrons. The van der Waals surface area contributed by atoms with E-state index in [9.17, 15) is 18.0 Å². The summed E-state index contributed by atoms with van der Waals surface area (Å²) in [6, 6.07) is 12.8. The lowest BCUT2D eigenvalue weighted by molar-refractivity contribution is -0.145. The normalized spacial score (nSPS) is 19.8. The molecule has 0 aliphatic carbocycles. The monoisotopic (exact) mass is 480 g/mol. The van der Waals surface area contributed by atoms with Crippen LogP contribution in [0.4, 0.5) is 11.4 Å². The molecule has 0 aromatic heterocycles. The summed E-state index contributed by atoms with van der Waals surface area (Å²) in [5.41, 5.74) is 0.884. The molecule has 32 heavy (non-hydrogen) atoms. The van der Waals surface area contributed by atoms with Crippen LogP contribution >= 0.6 is 11.6 Å². The van der Waals surface area contributed by atoms with Crippen LogP contribution in [0.2, 0.25) is 5.02 Å². The van der Waals surface area contributed by atoms with Crippen LogP contribution in [0.15, 0.2) is 48.5 Å². The number of benzene rings is 2. The Bertz CT molecular complexity index is 1070. The molecule has 2 aromatic carbocycles. The molecule has 172 valence electrons. The molecule has 1 aliphatic heterocycles. The van der Waals surface area contributed by atoms with E-state index in [0.717, 1.165) is 0 Å². The van der Waals surface area contributed by atoms with Gasteiger partial charge in [0, 0.05) is 17.3 Å². The minimum Gasteiger partial charge on any atom is -0.482 e. The molecule has 0 saturated carbocycles. The van der Waals surface area contributed by atoms with E-state index in [2.05, 4.69) is 5.32 Å². The highest BCUT2D eigenvalue weighted by molar-refractivity contribution is 7.95. The molecule has 3 rings (SSSR count). The van der Waals surface area contributed by atoms with E-state index in [-0.39, 0.29) is 19.6 Å². The van der Waals surface area contributed by atoms with Gasteiger partial charge in [0.25, 0.3) is 0 Å². The van der Waals surface area contributed by atoms with Crippen molar-refractivity contribution < 1.29 is 27.5 Å². The van der Waals surface area contributed by atoms with Gasteiger partial charge < -0.3 is 14.8 Å². The first-order valence-electron chi connectivity index (χ1n) is 10.1. The van der Waals surface area contributed by atoms with E-state index < -0.39 is 26.6 Å². The number of carbonyl (C=O) groups is 2. The Balaban J connectivity index is 1.72. The lowest BCUT2D eigenvalue weighted by Crippen LogP contribution is -2.57. The van der Waals surface area contributed by atoms with Crippen LogP contribution in [-0.2, 0) is 24.3 Å². The summed E-state index contributed by atoms with van der Waals surface area (Å²) < 4.78 is 36.5. The quantitative estimate of drug-likeness (QED) is 0.607. The molecule has 1 heterocycles. The van der Waals surface area contributed by atoms with Crippen LogP contribution in [-0.4, -0.2) is 44.8 Å². The third-order valence-electron chi connectivity index (χ3n) is 5.24. The zero-order valence-corrected chi connectivity index (χ0v) is 19.4. The van der Waals surface area contributed by atoms with Gasteiger partial charge >= 0.3 is 5.97 Å². The fourth-order valence-electron chi connectivity index (χ4n) is 3.40. The number of sulfonamides is 1. The standard InChI is InChI=1S/C22H25ClN2O6S/c1-3-30-20(26)15-31-19-11-7-17(8-12-19)24-21(27)22(2)13-4-14-25(32(22,28)29)18-9-5-16(23)6-10-18/h5-12H,3-4,13-15H2,1-2H3,(H,24,27). The summed E-state index contributed by atoms with van der Waals surface area (Å²) in [4.78, 5) is 24.5. The van der Waals surface area contributed by atoms with Crippen LogP contribution in [0.3, 0.4) is 0 Å². The molecule has 2 aromatic rings. The Hall–Kier alpha value is -2.78. The summed E-state index contributed by atoms with van der Waals surface area (Å²) in [5, 5.41) is 3.19. The zero-order chi connectivity index (χ0) is 23.4. The van der Waals surface area contributed by atoms with Crippen molar-refractivity contribution >= 4 is 44.9 Å². The summed E-state index contributed by atoms with van der Waals surface area (Å²) >= 11 is 5.91. The SMILES string of the molecule is CCOC(=O)COc1ccc(NC(=O)C2(C)CCCN(c3ccc(Cl)cc3)S2(=O)=O)cc1. The third kappa shape index (κ3) is 4.99. The molecule has 1 aliphatic rings. The first-order valence-corrected chi connectivity index (χ1v) is 12.0. The highest BCUT2D eigenvalue weighted by Gasteiger charge is 2.52. The molecular formula is C22H25ClN2O6S. The van der Waals surface area contributed by atoms with Crippen molar-refractivity contribution in [1.29, 1.82) is 0 Å². The Kier molecular flexibility index (Phi) is 7.30. The van der Waals surface area contributed by atoms with Crippen molar-refractivity contribution in [2.24, 2.45) is 0 Å². The number of amides is 1. The van der Waals surface area contributed by atoms with E-state index in [1.807, 2.05) is 0 Å². The van der Waals surface area contributed by atoms with Crippen LogP contribution < -0.4 is 14.4 Å². The van der Waals surface area contributed by atoms with Gasteiger partial charge in [-0.1, -0.05) is 11.6 Å². The molecule has 10 heteroatoms. The molecule has 1 saturated heterocycles. The number of halogens is 1. The highest BCUT2D eigenvalue weighted by atomic mass is 35.5. The van der Waals surface area contributed by atoms with Crippen LogP contribution in [0.5, 0.6) is 5.75 Å². The number of carbonyl (C=O) groups excluding carboxylic acids is 2. The predicted molar refractivity (Wildman–Crippen MR) is 123 cm³/mol. The number of rotatable bonds is 7. The summed E-state index contributed by atoms with van der Waals surface area (Å²) in [6.45, 7) is 3.48. The number of hydrogen-bond donors (Lipinski definition) is 1. The Morgan fingerprint density at radius 2 is 1.78 bits per heavy atom. The van der Waals surface area contributed by atoms with E-state index >= 15 is 0 Å². The van der Waals surface area contributed by atoms with Gasteiger partial charge in [-0.05, 0) is 75.2 Å². The van der Waals surface area contributed by atoms with Gasteiger partial charge in [-0.2, -0.15) is 0 Å². The van der Waals surface area contributed by atoms with Crippen LogP contribution in [0.1, 0.15) is 26.7 Å². The summed E-state index contributed by atoms with van der Waals surface area (Å²) in [6.07, 6.45) is 0.735. The largest absolute Gasteiger partial charge is 0.482 e. The maximum absolute atomic E-state index is 13.4. The lowest BCUT2D eigenvalue weighted by atomic mass is 10.0. The molecule has 1 fully saturated rings. The predicted octanol–water partition coefficient (Wildman–Crippen LogP) is 3.61. The minimum absolute atomic E-state index is 0.200. The Morgan fingerprint density at radius 3 is 2.41 bits per heavy atom. The second-order valence-corrected chi connectivity index (χ2v) is 10.2. The summed E-state index contributed by atoms with van der Waals surface area (Å²) in [7, 11) is -3.98. The molecule has 8 nitrogen and oxygen atoms in total.